The highest BCUT2D eigenvalue weighted by atomic mass is 16.7. The van der Waals surface area contributed by atoms with E-state index in [1.165, 1.54) is 7.11 Å². The lowest BCUT2D eigenvalue weighted by atomic mass is 10.0. The van der Waals surface area contributed by atoms with Crippen LogP contribution in [0.3, 0.4) is 0 Å². The lowest BCUT2D eigenvalue weighted by molar-refractivity contribution is -0.150. The van der Waals surface area contributed by atoms with Gasteiger partial charge in [0.2, 0.25) is 0 Å². The third-order valence-corrected chi connectivity index (χ3v) is 4.22. The minimum Gasteiger partial charge on any atom is -0.489 e. The fourth-order valence-electron chi connectivity index (χ4n) is 2.79. The smallest absolute Gasteiger partial charge is 0.310 e. The first-order valence-corrected chi connectivity index (χ1v) is 8.25. The van der Waals surface area contributed by atoms with Crippen LogP contribution in [0.1, 0.15) is 23.6 Å². The molecule has 0 N–H and O–H groups in total. The summed E-state index contributed by atoms with van der Waals surface area (Å²) in [6.07, 6.45) is 0.130. The van der Waals surface area contributed by atoms with Crippen LogP contribution in [0.25, 0.3) is 0 Å². The Bertz CT molecular complexity index is 720. The molecule has 1 aliphatic heterocycles. The Balaban J connectivity index is 1.84. The van der Waals surface area contributed by atoms with Gasteiger partial charge >= 0.3 is 5.97 Å². The molecule has 0 unspecified atom stereocenters. The van der Waals surface area contributed by atoms with E-state index < -0.39 is 5.79 Å². The summed E-state index contributed by atoms with van der Waals surface area (Å²) in [7, 11) is 1.38. The van der Waals surface area contributed by atoms with Gasteiger partial charge in [0, 0.05) is 11.1 Å². The zero-order chi connectivity index (χ0) is 17.7. The molecular weight excluding hydrogens is 320 g/mol. The number of rotatable bonds is 6. The molecule has 1 aliphatic rings. The van der Waals surface area contributed by atoms with Crippen molar-refractivity contribution in [3.05, 3.63) is 65.2 Å². The van der Waals surface area contributed by atoms with Crippen molar-refractivity contribution in [2.75, 3.05) is 20.3 Å². The van der Waals surface area contributed by atoms with E-state index in [2.05, 4.69) is 0 Å². The molecule has 0 spiro atoms. The Kier molecular flexibility index (Phi) is 5.36. The predicted molar refractivity (Wildman–Crippen MR) is 92.2 cm³/mol. The van der Waals surface area contributed by atoms with Gasteiger partial charge in [-0.05, 0) is 30.7 Å². The Morgan fingerprint density at radius 3 is 2.52 bits per heavy atom. The van der Waals surface area contributed by atoms with Crippen molar-refractivity contribution in [2.24, 2.45) is 0 Å². The maximum atomic E-state index is 11.8. The summed E-state index contributed by atoms with van der Waals surface area (Å²) in [5.74, 6) is -0.456. The van der Waals surface area contributed by atoms with Crippen LogP contribution in [0.4, 0.5) is 0 Å². The third-order valence-electron chi connectivity index (χ3n) is 4.22. The van der Waals surface area contributed by atoms with Crippen LogP contribution in [0, 0.1) is 0 Å². The van der Waals surface area contributed by atoms with Crippen molar-refractivity contribution in [3.8, 4) is 5.75 Å². The van der Waals surface area contributed by atoms with Gasteiger partial charge in [-0.2, -0.15) is 0 Å². The standard InChI is InChI=1S/C20H22O5/c1-20(24-10-11-25-20)17-8-9-18(16(12-17)13-19(21)22-2)23-14-15-6-4-3-5-7-15/h3-9,12H,10-11,13-14H2,1-2H3. The molecule has 5 heteroatoms. The van der Waals surface area contributed by atoms with E-state index in [4.69, 9.17) is 18.9 Å². The minimum atomic E-state index is -0.789. The molecule has 0 radical (unpaired) electrons. The first kappa shape index (κ1) is 17.5. The summed E-state index contributed by atoms with van der Waals surface area (Å²) in [4.78, 5) is 11.8. The van der Waals surface area contributed by atoms with Crippen molar-refractivity contribution in [2.45, 2.75) is 25.7 Å². The zero-order valence-corrected chi connectivity index (χ0v) is 14.5. The fourth-order valence-corrected chi connectivity index (χ4v) is 2.79. The van der Waals surface area contributed by atoms with E-state index in [1.807, 2.05) is 55.5 Å². The summed E-state index contributed by atoms with van der Waals surface area (Å²) >= 11 is 0. The number of ether oxygens (including phenoxy) is 4. The zero-order valence-electron chi connectivity index (χ0n) is 14.5. The van der Waals surface area contributed by atoms with E-state index in [1.54, 1.807) is 0 Å². The average Bonchev–Trinajstić information content (AvgIpc) is 3.09. The Hall–Kier alpha value is -2.37. The Labute approximate surface area is 147 Å². The van der Waals surface area contributed by atoms with Gasteiger partial charge in [-0.25, -0.2) is 0 Å². The van der Waals surface area contributed by atoms with Gasteiger partial charge in [-0.1, -0.05) is 30.3 Å². The number of esters is 1. The van der Waals surface area contributed by atoms with Crippen LogP contribution in [0.2, 0.25) is 0 Å². The van der Waals surface area contributed by atoms with Gasteiger partial charge in [-0.3, -0.25) is 4.79 Å². The highest BCUT2D eigenvalue weighted by molar-refractivity contribution is 5.73. The molecule has 1 fully saturated rings. The molecule has 0 aliphatic carbocycles. The number of hydrogen-bond acceptors (Lipinski definition) is 5. The molecule has 1 saturated heterocycles. The molecule has 132 valence electrons. The van der Waals surface area contributed by atoms with E-state index in [-0.39, 0.29) is 12.4 Å². The van der Waals surface area contributed by atoms with Gasteiger partial charge in [0.15, 0.2) is 5.79 Å². The Morgan fingerprint density at radius 1 is 1.12 bits per heavy atom. The normalized spacial score (nSPS) is 15.8. The summed E-state index contributed by atoms with van der Waals surface area (Å²) in [5.41, 5.74) is 2.67. The molecule has 0 atom stereocenters. The summed E-state index contributed by atoms with van der Waals surface area (Å²) in [5, 5.41) is 0. The Morgan fingerprint density at radius 2 is 1.84 bits per heavy atom. The number of carbonyl (C=O) groups is 1. The van der Waals surface area contributed by atoms with Crippen LogP contribution in [0.15, 0.2) is 48.5 Å². The predicted octanol–water partition coefficient (Wildman–Crippen LogP) is 3.20. The van der Waals surface area contributed by atoms with Gasteiger partial charge in [0.1, 0.15) is 12.4 Å². The van der Waals surface area contributed by atoms with Gasteiger partial charge < -0.3 is 18.9 Å². The number of hydrogen-bond donors (Lipinski definition) is 0. The second-order valence-electron chi connectivity index (χ2n) is 5.99. The molecule has 0 bridgehead atoms. The minimum absolute atomic E-state index is 0.130. The summed E-state index contributed by atoms with van der Waals surface area (Å²) in [6, 6.07) is 15.5. The molecule has 2 aromatic rings. The largest absolute Gasteiger partial charge is 0.489 e. The summed E-state index contributed by atoms with van der Waals surface area (Å²) < 4.78 is 22.1. The van der Waals surface area contributed by atoms with Crippen LogP contribution < -0.4 is 4.74 Å². The third kappa shape index (κ3) is 4.18. The molecule has 5 nitrogen and oxygen atoms in total. The van der Waals surface area contributed by atoms with Crippen molar-refractivity contribution < 1.29 is 23.7 Å². The van der Waals surface area contributed by atoms with E-state index >= 15 is 0 Å². The fraction of sp³-hybridized carbons (Fsp3) is 0.350. The lowest BCUT2D eigenvalue weighted by Crippen LogP contribution is -2.22. The summed E-state index contributed by atoms with van der Waals surface area (Å²) in [6.45, 7) is 3.41. The highest BCUT2D eigenvalue weighted by Gasteiger charge is 2.33. The van der Waals surface area contributed by atoms with Gasteiger partial charge in [0.05, 0.1) is 26.7 Å². The molecule has 2 aromatic carbocycles. The first-order valence-electron chi connectivity index (χ1n) is 8.25. The second kappa shape index (κ2) is 7.68. The molecule has 0 aromatic heterocycles. The van der Waals surface area contributed by atoms with Crippen LogP contribution in [0.5, 0.6) is 5.75 Å². The monoisotopic (exact) mass is 342 g/mol. The van der Waals surface area contributed by atoms with Crippen molar-refractivity contribution in [3.63, 3.8) is 0 Å². The first-order chi connectivity index (χ1) is 12.1. The maximum absolute atomic E-state index is 11.8. The number of methoxy groups -OCH3 is 1. The average molecular weight is 342 g/mol. The van der Waals surface area contributed by atoms with Gasteiger partial charge in [-0.15, -0.1) is 0 Å². The van der Waals surface area contributed by atoms with Crippen molar-refractivity contribution >= 4 is 5.97 Å². The van der Waals surface area contributed by atoms with Crippen LogP contribution in [-0.2, 0) is 37.8 Å². The van der Waals surface area contributed by atoms with Crippen molar-refractivity contribution in [1.82, 2.24) is 0 Å². The lowest BCUT2D eigenvalue weighted by Gasteiger charge is -2.24. The van der Waals surface area contributed by atoms with E-state index in [0.717, 1.165) is 16.7 Å². The number of carbonyl (C=O) groups excluding carboxylic acids is 1. The second-order valence-corrected chi connectivity index (χ2v) is 5.99. The topological polar surface area (TPSA) is 54.0 Å². The molecule has 1 heterocycles. The van der Waals surface area contributed by atoms with Gasteiger partial charge in [0.25, 0.3) is 0 Å². The highest BCUT2D eigenvalue weighted by Crippen LogP contribution is 2.34. The van der Waals surface area contributed by atoms with Crippen LogP contribution >= 0.6 is 0 Å². The van der Waals surface area contributed by atoms with E-state index in [9.17, 15) is 4.79 Å². The van der Waals surface area contributed by atoms with E-state index in [0.29, 0.717) is 25.6 Å². The number of benzene rings is 2. The SMILES string of the molecule is COC(=O)Cc1cc(C2(C)OCCO2)ccc1OCc1ccccc1. The quantitative estimate of drug-likeness (QED) is 0.755. The van der Waals surface area contributed by atoms with Crippen LogP contribution in [-0.4, -0.2) is 26.3 Å². The maximum Gasteiger partial charge on any atom is 0.310 e. The molecule has 0 amide bonds. The molecule has 25 heavy (non-hydrogen) atoms. The molecule has 0 saturated carbocycles. The van der Waals surface area contributed by atoms with Crippen molar-refractivity contribution in [1.29, 1.82) is 0 Å². The molecular formula is C20H22O5. The molecule has 3 rings (SSSR count).